The number of hydrogen-bond donors (Lipinski definition) is 0. The summed E-state index contributed by atoms with van der Waals surface area (Å²) in [5, 5.41) is 10.9. The van der Waals surface area contributed by atoms with Crippen molar-refractivity contribution in [1.82, 2.24) is 4.90 Å². The maximum absolute atomic E-state index is 12.9. The average Bonchev–Trinajstić information content (AvgIpc) is 3.55. The zero-order valence-electron chi connectivity index (χ0n) is 18.0. The summed E-state index contributed by atoms with van der Waals surface area (Å²) in [6.07, 6.45) is 1.47. The molecule has 0 unspecified atom stereocenters. The number of carbonyl (C=O) groups excluding carboxylic acids is 2. The second-order valence-corrected chi connectivity index (χ2v) is 8.81. The minimum absolute atomic E-state index is 0.0269. The van der Waals surface area contributed by atoms with E-state index in [0.717, 1.165) is 16.7 Å². The molecule has 0 radical (unpaired) electrons. The van der Waals surface area contributed by atoms with E-state index in [0.29, 0.717) is 39.2 Å². The lowest BCUT2D eigenvalue weighted by atomic mass is 10.1. The van der Waals surface area contributed by atoms with Crippen molar-refractivity contribution < 1.29 is 33.1 Å². The number of fused-ring (bicyclic) bond motifs is 1. The van der Waals surface area contributed by atoms with Gasteiger partial charge in [-0.2, -0.15) is 0 Å². The standard InChI is InChI=1S/C23H15ClN2O8S/c1-31-18-7-13(26(29)30)2-4-15(18)17-5-3-14(34-17)8-21-22(27)25(23(28)35-21)10-12-6-19-20(9-16(12)24)33-11-32-19/h2-9H,10-11H2,1H3. The Morgan fingerprint density at radius 2 is 1.94 bits per heavy atom. The van der Waals surface area contributed by atoms with Gasteiger partial charge in [0, 0.05) is 23.2 Å². The van der Waals surface area contributed by atoms with Crippen LogP contribution in [0.15, 0.2) is 51.8 Å². The van der Waals surface area contributed by atoms with Crippen LogP contribution in [0.5, 0.6) is 17.2 Å². The molecule has 10 nitrogen and oxygen atoms in total. The second kappa shape index (κ2) is 9.01. The Morgan fingerprint density at radius 3 is 2.69 bits per heavy atom. The average molecular weight is 515 g/mol. The summed E-state index contributed by atoms with van der Waals surface area (Å²) < 4.78 is 21.7. The Labute approximate surface area is 207 Å². The lowest BCUT2D eigenvalue weighted by Gasteiger charge is -2.14. The largest absolute Gasteiger partial charge is 0.496 e. The predicted octanol–water partition coefficient (Wildman–Crippen LogP) is 5.48. The van der Waals surface area contributed by atoms with Gasteiger partial charge in [0.25, 0.3) is 16.8 Å². The van der Waals surface area contributed by atoms with Gasteiger partial charge in [0.05, 0.1) is 35.1 Å². The summed E-state index contributed by atoms with van der Waals surface area (Å²) in [7, 11) is 1.40. The Balaban J connectivity index is 1.37. The molecule has 5 rings (SSSR count). The molecule has 1 aromatic heterocycles. The molecule has 35 heavy (non-hydrogen) atoms. The number of furan rings is 1. The van der Waals surface area contributed by atoms with Crippen LogP contribution in [0.4, 0.5) is 10.5 Å². The lowest BCUT2D eigenvalue weighted by Crippen LogP contribution is -2.27. The number of methoxy groups -OCH3 is 1. The van der Waals surface area contributed by atoms with E-state index in [9.17, 15) is 19.7 Å². The van der Waals surface area contributed by atoms with Crippen LogP contribution in [0.3, 0.4) is 0 Å². The van der Waals surface area contributed by atoms with Crippen LogP contribution in [0.25, 0.3) is 17.4 Å². The molecule has 2 aromatic carbocycles. The van der Waals surface area contributed by atoms with E-state index in [1.54, 1.807) is 24.3 Å². The summed E-state index contributed by atoms with van der Waals surface area (Å²) in [4.78, 5) is 37.3. The molecule has 0 aliphatic carbocycles. The first kappa shape index (κ1) is 22.8. The van der Waals surface area contributed by atoms with E-state index < -0.39 is 16.1 Å². The molecule has 2 amide bonds. The molecule has 3 heterocycles. The molecule has 178 valence electrons. The molecule has 12 heteroatoms. The summed E-state index contributed by atoms with van der Waals surface area (Å²) in [5.41, 5.74) is 0.932. The predicted molar refractivity (Wildman–Crippen MR) is 126 cm³/mol. The fraction of sp³-hybridized carbons (Fsp3) is 0.130. The minimum atomic E-state index is -0.521. The summed E-state index contributed by atoms with van der Waals surface area (Å²) in [5.74, 6) is 1.49. The van der Waals surface area contributed by atoms with Crippen molar-refractivity contribution in [1.29, 1.82) is 0 Å². The zero-order valence-corrected chi connectivity index (χ0v) is 19.6. The molecule has 2 aliphatic rings. The van der Waals surface area contributed by atoms with Crippen LogP contribution >= 0.6 is 23.4 Å². The van der Waals surface area contributed by atoms with Gasteiger partial charge in [-0.1, -0.05) is 11.6 Å². The molecule has 0 bridgehead atoms. The van der Waals surface area contributed by atoms with Crippen molar-refractivity contribution in [3.8, 4) is 28.6 Å². The minimum Gasteiger partial charge on any atom is -0.496 e. The Kier molecular flexibility index (Phi) is 5.87. The van der Waals surface area contributed by atoms with Crippen molar-refractivity contribution in [2.24, 2.45) is 0 Å². The van der Waals surface area contributed by atoms with Gasteiger partial charge in [0.15, 0.2) is 11.5 Å². The van der Waals surface area contributed by atoms with Crippen LogP contribution in [-0.2, 0) is 11.3 Å². The number of nitrogens with zero attached hydrogens (tertiary/aromatic N) is 2. The highest BCUT2D eigenvalue weighted by Crippen LogP contribution is 2.40. The molecular formula is C23H15ClN2O8S. The first-order valence-corrected chi connectivity index (χ1v) is 11.3. The Morgan fingerprint density at radius 1 is 1.17 bits per heavy atom. The number of thioether (sulfide) groups is 1. The Bertz CT molecular complexity index is 1420. The Hall–Kier alpha value is -3.96. The highest BCUT2D eigenvalue weighted by Gasteiger charge is 2.36. The van der Waals surface area contributed by atoms with Gasteiger partial charge in [-0.3, -0.25) is 24.6 Å². The van der Waals surface area contributed by atoms with Gasteiger partial charge < -0.3 is 18.6 Å². The van der Waals surface area contributed by atoms with E-state index in [-0.39, 0.29) is 29.7 Å². The first-order chi connectivity index (χ1) is 16.8. The molecule has 0 saturated carbocycles. The number of ether oxygens (including phenoxy) is 3. The van der Waals surface area contributed by atoms with E-state index >= 15 is 0 Å². The summed E-state index contributed by atoms with van der Waals surface area (Å²) >= 11 is 7.08. The molecule has 0 N–H and O–H groups in total. The monoisotopic (exact) mass is 514 g/mol. The molecule has 2 aliphatic heterocycles. The fourth-order valence-corrected chi connectivity index (χ4v) is 4.62. The van der Waals surface area contributed by atoms with Crippen molar-refractivity contribution in [3.05, 3.63) is 73.8 Å². The van der Waals surface area contributed by atoms with Gasteiger partial charge in [-0.05, 0) is 41.6 Å². The molecule has 1 fully saturated rings. The third kappa shape index (κ3) is 4.31. The highest BCUT2D eigenvalue weighted by molar-refractivity contribution is 8.18. The van der Waals surface area contributed by atoms with Gasteiger partial charge in [0.2, 0.25) is 6.79 Å². The first-order valence-electron chi connectivity index (χ1n) is 10.1. The SMILES string of the molecule is COc1cc([N+](=O)[O-])ccc1-c1ccc(C=C2SC(=O)N(Cc3cc4c(cc3Cl)OCO4)C2=O)o1. The third-order valence-corrected chi connectivity index (χ3v) is 6.56. The highest BCUT2D eigenvalue weighted by atomic mass is 35.5. The third-order valence-electron chi connectivity index (χ3n) is 5.31. The van der Waals surface area contributed by atoms with Crippen LogP contribution in [0.2, 0.25) is 5.02 Å². The quantitative estimate of drug-likeness (QED) is 0.239. The van der Waals surface area contributed by atoms with E-state index in [1.165, 1.54) is 31.4 Å². The maximum Gasteiger partial charge on any atom is 0.293 e. The number of halogens is 1. The van der Waals surface area contributed by atoms with Crippen LogP contribution < -0.4 is 14.2 Å². The number of benzene rings is 2. The topological polar surface area (TPSA) is 121 Å². The van der Waals surface area contributed by atoms with Crippen molar-refractivity contribution in [2.75, 3.05) is 13.9 Å². The van der Waals surface area contributed by atoms with Crippen LogP contribution in [0, 0.1) is 10.1 Å². The van der Waals surface area contributed by atoms with Crippen molar-refractivity contribution in [3.63, 3.8) is 0 Å². The number of amides is 2. The molecule has 0 spiro atoms. The van der Waals surface area contributed by atoms with Crippen LogP contribution in [0.1, 0.15) is 11.3 Å². The van der Waals surface area contributed by atoms with Gasteiger partial charge in [-0.25, -0.2) is 0 Å². The maximum atomic E-state index is 12.9. The smallest absolute Gasteiger partial charge is 0.293 e. The number of nitro groups is 1. The van der Waals surface area contributed by atoms with Gasteiger partial charge >= 0.3 is 0 Å². The zero-order chi connectivity index (χ0) is 24.7. The molecular weight excluding hydrogens is 500 g/mol. The number of carbonyl (C=O) groups is 2. The summed E-state index contributed by atoms with van der Waals surface area (Å²) in [6, 6.07) is 10.7. The second-order valence-electron chi connectivity index (χ2n) is 7.41. The summed E-state index contributed by atoms with van der Waals surface area (Å²) in [6.45, 7) is 0.0528. The van der Waals surface area contributed by atoms with Crippen molar-refractivity contribution in [2.45, 2.75) is 6.54 Å². The molecule has 1 saturated heterocycles. The van der Waals surface area contributed by atoms with Crippen molar-refractivity contribution >= 4 is 46.3 Å². The number of nitro benzene ring substituents is 1. The normalized spacial score (nSPS) is 15.8. The molecule has 3 aromatic rings. The van der Waals surface area contributed by atoms with Gasteiger partial charge in [0.1, 0.15) is 17.3 Å². The molecule has 0 atom stereocenters. The van der Waals surface area contributed by atoms with Crippen LogP contribution in [-0.4, -0.2) is 34.9 Å². The lowest BCUT2D eigenvalue weighted by molar-refractivity contribution is -0.384. The van der Waals surface area contributed by atoms with E-state index in [4.69, 9.17) is 30.2 Å². The fourth-order valence-electron chi connectivity index (χ4n) is 3.59. The number of non-ortho nitro benzene ring substituents is 1. The van der Waals surface area contributed by atoms with E-state index in [2.05, 4.69) is 0 Å². The number of hydrogen-bond acceptors (Lipinski definition) is 9. The van der Waals surface area contributed by atoms with E-state index in [1.807, 2.05) is 0 Å². The number of imide groups is 1. The number of rotatable bonds is 6. The van der Waals surface area contributed by atoms with Gasteiger partial charge in [-0.15, -0.1) is 0 Å².